The smallest absolute Gasteiger partial charge is 0.226 e. The molecular weight excluding hydrogens is 202 g/mol. The van der Waals surface area contributed by atoms with Crippen LogP contribution in [0.15, 0.2) is 24.5 Å². The van der Waals surface area contributed by atoms with Crippen molar-refractivity contribution in [3.8, 4) is 0 Å². The monoisotopic (exact) mass is 219 g/mol. The van der Waals surface area contributed by atoms with Crippen molar-refractivity contribution in [1.29, 1.82) is 0 Å². The van der Waals surface area contributed by atoms with E-state index in [2.05, 4.69) is 10.3 Å². The zero-order valence-corrected chi connectivity index (χ0v) is 9.28. The summed E-state index contributed by atoms with van der Waals surface area (Å²) in [5, 5.41) is 2.81. The standard InChI is InChI=1S/C12H17N3O/c13-12(5-1-2-6-12)8-11(16)15-10-4-3-7-14-9-10/h3-4,7,9H,1-2,5-6,8,13H2,(H,15,16). The first-order valence-electron chi connectivity index (χ1n) is 5.67. The van der Waals surface area contributed by atoms with Crippen molar-refractivity contribution < 1.29 is 4.79 Å². The van der Waals surface area contributed by atoms with Gasteiger partial charge in [-0.2, -0.15) is 0 Å². The fraction of sp³-hybridized carbons (Fsp3) is 0.500. The molecule has 1 aromatic rings. The highest BCUT2D eigenvalue weighted by Gasteiger charge is 2.31. The number of carbonyl (C=O) groups excluding carboxylic acids is 1. The Kier molecular flexibility index (Phi) is 3.19. The van der Waals surface area contributed by atoms with Crippen molar-refractivity contribution >= 4 is 11.6 Å². The van der Waals surface area contributed by atoms with Crippen LogP contribution >= 0.6 is 0 Å². The lowest BCUT2D eigenvalue weighted by atomic mass is 9.94. The summed E-state index contributed by atoms with van der Waals surface area (Å²) in [7, 11) is 0. The summed E-state index contributed by atoms with van der Waals surface area (Å²) < 4.78 is 0. The quantitative estimate of drug-likeness (QED) is 0.812. The van der Waals surface area contributed by atoms with Crippen molar-refractivity contribution in [3.05, 3.63) is 24.5 Å². The summed E-state index contributed by atoms with van der Waals surface area (Å²) in [6.07, 6.45) is 7.89. The number of hydrogen-bond donors (Lipinski definition) is 2. The van der Waals surface area contributed by atoms with Crippen molar-refractivity contribution in [2.24, 2.45) is 5.73 Å². The van der Waals surface area contributed by atoms with Crippen LogP contribution in [-0.4, -0.2) is 16.4 Å². The van der Waals surface area contributed by atoms with Crippen LogP contribution in [0.5, 0.6) is 0 Å². The second-order valence-corrected chi connectivity index (χ2v) is 4.54. The molecule has 1 heterocycles. The normalized spacial score (nSPS) is 18.3. The van der Waals surface area contributed by atoms with Crippen molar-refractivity contribution in [2.75, 3.05) is 5.32 Å². The molecular formula is C12H17N3O. The molecule has 1 aromatic heterocycles. The minimum Gasteiger partial charge on any atom is -0.325 e. The Bertz CT molecular complexity index is 358. The third kappa shape index (κ3) is 2.79. The molecule has 3 N–H and O–H groups in total. The molecule has 4 nitrogen and oxygen atoms in total. The highest BCUT2D eigenvalue weighted by molar-refractivity contribution is 5.91. The first-order valence-corrected chi connectivity index (χ1v) is 5.67. The van der Waals surface area contributed by atoms with E-state index < -0.39 is 0 Å². The lowest BCUT2D eigenvalue weighted by Gasteiger charge is -2.22. The van der Waals surface area contributed by atoms with E-state index in [1.165, 1.54) is 0 Å². The van der Waals surface area contributed by atoms with E-state index >= 15 is 0 Å². The Morgan fingerprint density at radius 3 is 2.88 bits per heavy atom. The molecule has 86 valence electrons. The molecule has 0 radical (unpaired) electrons. The molecule has 1 fully saturated rings. The lowest BCUT2D eigenvalue weighted by molar-refractivity contribution is -0.117. The van der Waals surface area contributed by atoms with E-state index in [1.54, 1.807) is 18.5 Å². The van der Waals surface area contributed by atoms with Gasteiger partial charge in [0.15, 0.2) is 0 Å². The second kappa shape index (κ2) is 4.61. The summed E-state index contributed by atoms with van der Waals surface area (Å²) in [6.45, 7) is 0. The number of nitrogens with two attached hydrogens (primary N) is 1. The van der Waals surface area contributed by atoms with Gasteiger partial charge in [0, 0.05) is 18.2 Å². The Hall–Kier alpha value is -1.42. The van der Waals surface area contributed by atoms with Crippen LogP contribution < -0.4 is 11.1 Å². The van der Waals surface area contributed by atoms with Gasteiger partial charge in [0.25, 0.3) is 0 Å². The van der Waals surface area contributed by atoms with Crippen LogP contribution in [0.4, 0.5) is 5.69 Å². The van der Waals surface area contributed by atoms with E-state index in [0.717, 1.165) is 31.4 Å². The van der Waals surface area contributed by atoms with Crippen LogP contribution in [0.2, 0.25) is 0 Å². The zero-order chi connectivity index (χ0) is 11.4. The van der Waals surface area contributed by atoms with E-state index in [9.17, 15) is 4.79 Å². The number of nitrogens with zero attached hydrogens (tertiary/aromatic N) is 1. The minimum atomic E-state index is -0.285. The summed E-state index contributed by atoms with van der Waals surface area (Å²) in [5.74, 6) is -0.0163. The number of anilines is 1. The van der Waals surface area contributed by atoms with Crippen molar-refractivity contribution in [2.45, 2.75) is 37.6 Å². The Morgan fingerprint density at radius 2 is 2.25 bits per heavy atom. The molecule has 0 atom stereocenters. The molecule has 0 unspecified atom stereocenters. The van der Waals surface area contributed by atoms with Gasteiger partial charge in [-0.15, -0.1) is 0 Å². The fourth-order valence-corrected chi connectivity index (χ4v) is 2.22. The largest absolute Gasteiger partial charge is 0.325 e. The molecule has 0 spiro atoms. The van der Waals surface area contributed by atoms with Gasteiger partial charge in [0.1, 0.15) is 0 Å². The van der Waals surface area contributed by atoms with Gasteiger partial charge >= 0.3 is 0 Å². The maximum Gasteiger partial charge on any atom is 0.226 e. The summed E-state index contributed by atoms with van der Waals surface area (Å²) in [5.41, 5.74) is 6.58. The van der Waals surface area contributed by atoms with Gasteiger partial charge in [-0.05, 0) is 25.0 Å². The summed E-state index contributed by atoms with van der Waals surface area (Å²) >= 11 is 0. The Labute approximate surface area is 95.3 Å². The van der Waals surface area contributed by atoms with Gasteiger partial charge < -0.3 is 11.1 Å². The number of nitrogens with one attached hydrogen (secondary N) is 1. The number of carbonyl (C=O) groups is 1. The topological polar surface area (TPSA) is 68.0 Å². The first kappa shape index (κ1) is 11.1. The molecule has 0 aliphatic heterocycles. The van der Waals surface area contributed by atoms with E-state index in [0.29, 0.717) is 6.42 Å². The highest BCUT2D eigenvalue weighted by Crippen LogP contribution is 2.30. The van der Waals surface area contributed by atoms with E-state index in [4.69, 9.17) is 5.73 Å². The summed E-state index contributed by atoms with van der Waals surface area (Å²) in [6, 6.07) is 3.62. The maximum atomic E-state index is 11.8. The second-order valence-electron chi connectivity index (χ2n) is 4.54. The van der Waals surface area contributed by atoms with Crippen LogP contribution in [0, 0.1) is 0 Å². The highest BCUT2D eigenvalue weighted by atomic mass is 16.1. The van der Waals surface area contributed by atoms with Gasteiger partial charge in [-0.3, -0.25) is 9.78 Å². The lowest BCUT2D eigenvalue weighted by Crippen LogP contribution is -2.40. The molecule has 0 bridgehead atoms. The number of amides is 1. The van der Waals surface area contributed by atoms with Crippen LogP contribution in [0.25, 0.3) is 0 Å². The van der Waals surface area contributed by atoms with E-state index in [-0.39, 0.29) is 11.4 Å². The predicted molar refractivity (Wildman–Crippen MR) is 62.9 cm³/mol. The molecule has 0 aromatic carbocycles. The Morgan fingerprint density at radius 1 is 1.50 bits per heavy atom. The van der Waals surface area contributed by atoms with E-state index in [1.807, 2.05) is 6.07 Å². The van der Waals surface area contributed by atoms with Crippen molar-refractivity contribution in [1.82, 2.24) is 4.98 Å². The number of aromatic nitrogens is 1. The number of rotatable bonds is 3. The SMILES string of the molecule is NC1(CC(=O)Nc2cccnc2)CCCC1. The van der Waals surface area contributed by atoms with Crippen LogP contribution in [0.3, 0.4) is 0 Å². The average Bonchev–Trinajstić information content (AvgIpc) is 2.66. The maximum absolute atomic E-state index is 11.8. The third-order valence-electron chi connectivity index (χ3n) is 3.06. The average molecular weight is 219 g/mol. The van der Waals surface area contributed by atoms with Crippen molar-refractivity contribution in [3.63, 3.8) is 0 Å². The number of pyridine rings is 1. The zero-order valence-electron chi connectivity index (χ0n) is 9.28. The third-order valence-corrected chi connectivity index (χ3v) is 3.06. The predicted octanol–water partition coefficient (Wildman–Crippen LogP) is 1.68. The fourth-order valence-electron chi connectivity index (χ4n) is 2.22. The van der Waals surface area contributed by atoms with Gasteiger partial charge in [0.2, 0.25) is 5.91 Å². The number of hydrogen-bond acceptors (Lipinski definition) is 3. The molecule has 2 rings (SSSR count). The summed E-state index contributed by atoms with van der Waals surface area (Å²) in [4.78, 5) is 15.7. The van der Waals surface area contributed by atoms with Crippen LogP contribution in [0.1, 0.15) is 32.1 Å². The van der Waals surface area contributed by atoms with Gasteiger partial charge in [0.05, 0.1) is 11.9 Å². The molecule has 1 saturated carbocycles. The van der Waals surface area contributed by atoms with Crippen LogP contribution in [-0.2, 0) is 4.79 Å². The molecule has 4 heteroatoms. The van der Waals surface area contributed by atoms with Gasteiger partial charge in [-0.25, -0.2) is 0 Å². The molecule has 1 aliphatic carbocycles. The Balaban J connectivity index is 1.89. The molecule has 16 heavy (non-hydrogen) atoms. The molecule has 0 saturated heterocycles. The van der Waals surface area contributed by atoms with Gasteiger partial charge in [-0.1, -0.05) is 12.8 Å². The molecule has 1 amide bonds. The molecule has 1 aliphatic rings. The first-order chi connectivity index (χ1) is 7.68. The minimum absolute atomic E-state index is 0.0163.